The number of rotatable bonds is 6. The lowest BCUT2D eigenvalue weighted by molar-refractivity contribution is 0.185. The van der Waals surface area contributed by atoms with Gasteiger partial charge in [-0.25, -0.2) is 0 Å². The molecule has 0 aliphatic carbocycles. The normalized spacial score (nSPS) is 11.9. The molecule has 1 unspecified atom stereocenters. The smallest absolute Gasteiger partial charge is 0.134 e. The molecule has 0 aliphatic rings. The number of fused-ring (bicyclic) bond motifs is 1. The number of benzene rings is 2. The van der Waals surface area contributed by atoms with Gasteiger partial charge in [-0.05, 0) is 37.0 Å². The summed E-state index contributed by atoms with van der Waals surface area (Å²) >= 11 is 1.76. The Morgan fingerprint density at radius 1 is 0.958 bits per heavy atom. The summed E-state index contributed by atoms with van der Waals surface area (Å²) in [5.74, 6) is 0.968. The standard InChI is InChI=1S/C19H21NOS.C2H6/c1-20(2)13-12-18(19-11-6-14-22-19)21-17-10-5-8-15-7-3-4-9-16(15)17;1-2/h3-11,14,18H,12-13H2,1-2H3;1-2H3. The highest BCUT2D eigenvalue weighted by Crippen LogP contribution is 2.32. The maximum absolute atomic E-state index is 6.41. The van der Waals surface area contributed by atoms with Crippen molar-refractivity contribution < 1.29 is 4.74 Å². The highest BCUT2D eigenvalue weighted by atomic mass is 32.1. The molecule has 2 nitrogen and oxygen atoms in total. The van der Waals surface area contributed by atoms with Crippen LogP contribution in [0.4, 0.5) is 0 Å². The SMILES string of the molecule is CC.CN(C)CCC(Oc1cccc2ccccc12)c1cccs1. The Bertz CT molecular complexity index is 716. The van der Waals surface area contributed by atoms with Crippen LogP contribution in [0.3, 0.4) is 0 Å². The number of hydrogen-bond donors (Lipinski definition) is 0. The van der Waals surface area contributed by atoms with E-state index >= 15 is 0 Å². The molecule has 24 heavy (non-hydrogen) atoms. The zero-order valence-electron chi connectivity index (χ0n) is 15.0. The van der Waals surface area contributed by atoms with Crippen LogP contribution in [0.15, 0.2) is 60.0 Å². The summed E-state index contributed by atoms with van der Waals surface area (Å²) in [7, 11) is 4.20. The van der Waals surface area contributed by atoms with Crippen molar-refractivity contribution in [1.29, 1.82) is 0 Å². The maximum atomic E-state index is 6.41. The second-order valence-corrected chi connectivity index (χ2v) is 6.67. The zero-order valence-corrected chi connectivity index (χ0v) is 15.8. The van der Waals surface area contributed by atoms with E-state index in [4.69, 9.17) is 4.74 Å². The van der Waals surface area contributed by atoms with Gasteiger partial charge in [-0.1, -0.05) is 56.3 Å². The maximum Gasteiger partial charge on any atom is 0.134 e. The molecule has 2 aromatic carbocycles. The molecule has 1 heterocycles. The van der Waals surface area contributed by atoms with Gasteiger partial charge >= 0.3 is 0 Å². The Morgan fingerprint density at radius 2 is 1.71 bits per heavy atom. The summed E-state index contributed by atoms with van der Waals surface area (Å²) in [6.07, 6.45) is 1.09. The summed E-state index contributed by atoms with van der Waals surface area (Å²) in [5, 5.41) is 4.51. The van der Waals surface area contributed by atoms with Crippen molar-refractivity contribution in [1.82, 2.24) is 4.90 Å². The zero-order chi connectivity index (χ0) is 17.4. The third-order valence-corrected chi connectivity index (χ3v) is 4.68. The van der Waals surface area contributed by atoms with Gasteiger partial charge in [-0.15, -0.1) is 11.3 Å². The molecular formula is C21H27NOS. The first-order valence-corrected chi connectivity index (χ1v) is 9.44. The van der Waals surface area contributed by atoms with Crippen LogP contribution in [0, 0.1) is 0 Å². The molecule has 128 valence electrons. The first kappa shape index (κ1) is 18.5. The lowest BCUT2D eigenvalue weighted by atomic mass is 10.1. The van der Waals surface area contributed by atoms with Gasteiger partial charge in [-0.2, -0.15) is 0 Å². The number of ether oxygens (including phenoxy) is 1. The Kier molecular flexibility index (Phi) is 7.29. The van der Waals surface area contributed by atoms with Crippen molar-refractivity contribution in [2.45, 2.75) is 26.4 Å². The van der Waals surface area contributed by atoms with Gasteiger partial charge < -0.3 is 9.64 Å². The largest absolute Gasteiger partial charge is 0.484 e. The second kappa shape index (κ2) is 9.45. The van der Waals surface area contributed by atoms with Crippen LogP contribution in [-0.4, -0.2) is 25.5 Å². The van der Waals surface area contributed by atoms with Crippen molar-refractivity contribution >= 4 is 22.1 Å². The quantitative estimate of drug-likeness (QED) is 0.545. The van der Waals surface area contributed by atoms with Gasteiger partial charge in [0.05, 0.1) is 0 Å². The Balaban J connectivity index is 0.00000100. The Morgan fingerprint density at radius 3 is 2.42 bits per heavy atom. The molecule has 1 aromatic heterocycles. The van der Waals surface area contributed by atoms with Crippen molar-refractivity contribution in [3.8, 4) is 5.75 Å². The molecule has 0 fully saturated rings. The number of thiophene rings is 1. The van der Waals surface area contributed by atoms with Crippen LogP contribution in [-0.2, 0) is 0 Å². The first-order chi connectivity index (χ1) is 11.7. The fraction of sp³-hybridized carbons (Fsp3) is 0.333. The van der Waals surface area contributed by atoms with Crippen molar-refractivity contribution in [3.05, 3.63) is 64.9 Å². The van der Waals surface area contributed by atoms with E-state index in [1.807, 2.05) is 13.8 Å². The summed E-state index contributed by atoms with van der Waals surface area (Å²) in [6.45, 7) is 5.01. The molecule has 1 atom stereocenters. The predicted octanol–water partition coefficient (Wildman–Crippen LogP) is 6.00. The third-order valence-electron chi connectivity index (χ3n) is 3.72. The average molecular weight is 342 g/mol. The summed E-state index contributed by atoms with van der Waals surface area (Å²) in [5.41, 5.74) is 0. The molecule has 0 spiro atoms. The van der Waals surface area contributed by atoms with Gasteiger partial charge in [0, 0.05) is 23.2 Å². The van der Waals surface area contributed by atoms with Crippen molar-refractivity contribution in [2.24, 2.45) is 0 Å². The van der Waals surface area contributed by atoms with Gasteiger partial charge in [0.2, 0.25) is 0 Å². The Hall–Kier alpha value is -1.84. The predicted molar refractivity (Wildman–Crippen MR) is 106 cm³/mol. The molecule has 3 rings (SSSR count). The Labute approximate surface area is 149 Å². The van der Waals surface area contributed by atoms with E-state index in [0.29, 0.717) is 0 Å². The van der Waals surface area contributed by atoms with E-state index in [-0.39, 0.29) is 6.10 Å². The lowest BCUT2D eigenvalue weighted by Crippen LogP contribution is -2.18. The topological polar surface area (TPSA) is 12.5 Å². The van der Waals surface area contributed by atoms with Crippen molar-refractivity contribution in [2.75, 3.05) is 20.6 Å². The fourth-order valence-corrected chi connectivity index (χ4v) is 3.35. The average Bonchev–Trinajstić information content (AvgIpc) is 3.15. The highest BCUT2D eigenvalue weighted by Gasteiger charge is 2.16. The third kappa shape index (κ3) is 4.83. The van der Waals surface area contributed by atoms with Crippen LogP contribution < -0.4 is 4.74 Å². The van der Waals surface area contributed by atoms with E-state index in [9.17, 15) is 0 Å². The molecule has 0 amide bonds. The highest BCUT2D eigenvalue weighted by molar-refractivity contribution is 7.10. The van der Waals surface area contributed by atoms with Crippen LogP contribution in [0.5, 0.6) is 5.75 Å². The lowest BCUT2D eigenvalue weighted by Gasteiger charge is -2.21. The van der Waals surface area contributed by atoms with E-state index in [1.165, 1.54) is 15.6 Å². The number of hydrogen-bond acceptors (Lipinski definition) is 3. The minimum Gasteiger partial charge on any atom is -0.484 e. The van der Waals surface area contributed by atoms with Crippen LogP contribution in [0.25, 0.3) is 10.8 Å². The van der Waals surface area contributed by atoms with Crippen LogP contribution in [0.1, 0.15) is 31.2 Å². The molecule has 0 bridgehead atoms. The second-order valence-electron chi connectivity index (χ2n) is 5.69. The van der Waals surface area contributed by atoms with E-state index in [2.05, 4.69) is 79.0 Å². The molecule has 0 saturated heterocycles. The minimum atomic E-state index is 0.105. The van der Waals surface area contributed by atoms with E-state index < -0.39 is 0 Å². The summed E-state index contributed by atoms with van der Waals surface area (Å²) < 4.78 is 6.41. The molecular weight excluding hydrogens is 314 g/mol. The molecule has 0 N–H and O–H groups in total. The van der Waals surface area contributed by atoms with Crippen LogP contribution in [0.2, 0.25) is 0 Å². The molecule has 0 radical (unpaired) electrons. The number of nitrogens with zero attached hydrogens (tertiary/aromatic N) is 1. The van der Waals surface area contributed by atoms with Gasteiger partial charge in [0.25, 0.3) is 0 Å². The molecule has 3 heteroatoms. The molecule has 0 aliphatic heterocycles. The van der Waals surface area contributed by atoms with Gasteiger partial charge in [0.1, 0.15) is 11.9 Å². The van der Waals surface area contributed by atoms with E-state index in [0.717, 1.165) is 18.7 Å². The molecule has 3 aromatic rings. The van der Waals surface area contributed by atoms with Crippen LogP contribution >= 0.6 is 11.3 Å². The minimum absolute atomic E-state index is 0.105. The van der Waals surface area contributed by atoms with Crippen molar-refractivity contribution in [3.63, 3.8) is 0 Å². The molecule has 0 saturated carbocycles. The van der Waals surface area contributed by atoms with Gasteiger partial charge in [0.15, 0.2) is 0 Å². The van der Waals surface area contributed by atoms with Gasteiger partial charge in [-0.3, -0.25) is 0 Å². The monoisotopic (exact) mass is 341 g/mol. The van der Waals surface area contributed by atoms with E-state index in [1.54, 1.807) is 11.3 Å². The fourth-order valence-electron chi connectivity index (χ4n) is 2.56. The summed E-state index contributed by atoms with van der Waals surface area (Å²) in [4.78, 5) is 3.49. The first-order valence-electron chi connectivity index (χ1n) is 8.56. The summed E-state index contributed by atoms with van der Waals surface area (Å²) in [6, 6.07) is 18.9.